The average molecular weight is 243 g/mol. The molecule has 0 saturated heterocycles. The molecule has 0 atom stereocenters. The summed E-state index contributed by atoms with van der Waals surface area (Å²) < 4.78 is 0.860. The molecule has 0 aliphatic carbocycles. The summed E-state index contributed by atoms with van der Waals surface area (Å²) in [4.78, 5) is 1.32. The zero-order valence-electron chi connectivity index (χ0n) is 8.63. The van der Waals surface area contributed by atoms with Crippen LogP contribution in [0.15, 0.2) is 12.1 Å². The van der Waals surface area contributed by atoms with Crippen molar-refractivity contribution in [1.82, 2.24) is 5.32 Å². The molecule has 1 heterocycles. The molecule has 0 fully saturated rings. The molecule has 4 heteroatoms. The Hall–Kier alpha value is -0.560. The van der Waals surface area contributed by atoms with Crippen LogP contribution in [0.3, 0.4) is 0 Å². The van der Waals surface area contributed by atoms with Crippen molar-refractivity contribution in [3.05, 3.63) is 21.3 Å². The molecule has 0 aliphatic rings. The number of hydrogen-bond acceptors (Lipinski definition) is 3. The Morgan fingerprint density at radius 2 is 2.20 bits per heavy atom. The van der Waals surface area contributed by atoms with E-state index in [1.54, 1.807) is 11.3 Å². The molecule has 2 nitrogen and oxygen atoms in total. The number of nitrogens with zero attached hydrogens (tertiary/aromatic N) is 1. The van der Waals surface area contributed by atoms with E-state index in [1.807, 2.05) is 6.07 Å². The molecular weight excluding hydrogens is 228 g/mol. The Bertz CT molecular complexity index is 317. The van der Waals surface area contributed by atoms with Gasteiger partial charge in [0.25, 0.3) is 0 Å². The third kappa shape index (κ3) is 5.78. The fraction of sp³-hybridized carbons (Fsp3) is 0.545. The van der Waals surface area contributed by atoms with Crippen LogP contribution >= 0.6 is 22.9 Å². The standard InChI is InChI=1S/C11H15ClN2S/c12-11-5-4-10(15-11)6-9-14-8-3-1-2-7-13/h4-5,14H,1-3,6,8-9H2. The first-order valence-corrected chi connectivity index (χ1v) is 6.34. The van der Waals surface area contributed by atoms with Gasteiger partial charge in [0.05, 0.1) is 10.4 Å². The lowest BCUT2D eigenvalue weighted by Gasteiger charge is -2.01. The van der Waals surface area contributed by atoms with Gasteiger partial charge in [-0.05, 0) is 44.5 Å². The Morgan fingerprint density at radius 3 is 2.87 bits per heavy atom. The molecule has 0 spiro atoms. The second-order valence-electron chi connectivity index (χ2n) is 3.32. The van der Waals surface area contributed by atoms with Crippen molar-refractivity contribution < 1.29 is 0 Å². The average Bonchev–Trinajstić information content (AvgIpc) is 2.63. The monoisotopic (exact) mass is 242 g/mol. The number of thiophene rings is 1. The second-order valence-corrected chi connectivity index (χ2v) is 5.12. The van der Waals surface area contributed by atoms with Crippen LogP contribution in [0.25, 0.3) is 0 Å². The van der Waals surface area contributed by atoms with E-state index in [4.69, 9.17) is 16.9 Å². The first-order valence-electron chi connectivity index (χ1n) is 5.15. The third-order valence-electron chi connectivity index (χ3n) is 2.07. The molecule has 15 heavy (non-hydrogen) atoms. The number of nitriles is 1. The van der Waals surface area contributed by atoms with Crippen molar-refractivity contribution >= 4 is 22.9 Å². The number of nitrogens with one attached hydrogen (secondary N) is 1. The lowest BCUT2D eigenvalue weighted by molar-refractivity contribution is 0.630. The van der Waals surface area contributed by atoms with Crippen LogP contribution in [0.2, 0.25) is 4.34 Å². The van der Waals surface area contributed by atoms with Crippen LogP contribution in [0, 0.1) is 11.3 Å². The molecule has 0 aliphatic heterocycles. The van der Waals surface area contributed by atoms with Crippen molar-refractivity contribution in [2.45, 2.75) is 25.7 Å². The minimum absolute atomic E-state index is 0.669. The Balaban J connectivity index is 1.96. The quantitative estimate of drug-likeness (QED) is 0.746. The maximum atomic E-state index is 8.34. The van der Waals surface area contributed by atoms with Gasteiger partial charge in [0.2, 0.25) is 0 Å². The van der Waals surface area contributed by atoms with E-state index in [9.17, 15) is 0 Å². The van der Waals surface area contributed by atoms with Gasteiger partial charge in [0.15, 0.2) is 0 Å². The van der Waals surface area contributed by atoms with Crippen LogP contribution in [0.1, 0.15) is 24.1 Å². The molecule has 0 aromatic carbocycles. The van der Waals surface area contributed by atoms with Crippen LogP contribution in [0.4, 0.5) is 0 Å². The summed E-state index contributed by atoms with van der Waals surface area (Å²) >= 11 is 7.47. The third-order valence-corrected chi connectivity index (χ3v) is 3.36. The molecule has 1 rings (SSSR count). The predicted octanol–water partition coefficient (Wildman–Crippen LogP) is 3.23. The first-order chi connectivity index (χ1) is 7.33. The molecule has 0 saturated carbocycles. The molecule has 1 N–H and O–H groups in total. The maximum absolute atomic E-state index is 8.34. The summed E-state index contributed by atoms with van der Waals surface area (Å²) in [5, 5.41) is 11.7. The van der Waals surface area contributed by atoms with Gasteiger partial charge < -0.3 is 5.32 Å². The highest BCUT2D eigenvalue weighted by Crippen LogP contribution is 2.21. The Kier molecular flexibility index (Phi) is 6.42. The Labute approximate surface area is 99.9 Å². The summed E-state index contributed by atoms with van der Waals surface area (Å²) in [5.41, 5.74) is 0. The lowest BCUT2D eigenvalue weighted by Crippen LogP contribution is -2.18. The molecule has 0 radical (unpaired) electrons. The number of hydrogen-bond donors (Lipinski definition) is 1. The lowest BCUT2D eigenvalue weighted by atomic mass is 10.2. The maximum Gasteiger partial charge on any atom is 0.0931 e. The van der Waals surface area contributed by atoms with Gasteiger partial charge in [-0.1, -0.05) is 11.6 Å². The van der Waals surface area contributed by atoms with E-state index in [0.717, 1.165) is 36.7 Å². The minimum Gasteiger partial charge on any atom is -0.316 e. The van der Waals surface area contributed by atoms with Gasteiger partial charge in [0.1, 0.15) is 0 Å². The SMILES string of the molecule is N#CCCCCNCCc1ccc(Cl)s1. The highest BCUT2D eigenvalue weighted by molar-refractivity contribution is 7.16. The number of rotatable bonds is 7. The summed E-state index contributed by atoms with van der Waals surface area (Å²) in [5.74, 6) is 0. The van der Waals surface area contributed by atoms with Crippen molar-refractivity contribution in [1.29, 1.82) is 5.26 Å². The van der Waals surface area contributed by atoms with Gasteiger partial charge in [-0.25, -0.2) is 0 Å². The van der Waals surface area contributed by atoms with E-state index < -0.39 is 0 Å². The summed E-state index contributed by atoms with van der Waals surface area (Å²) in [6, 6.07) is 6.16. The zero-order valence-corrected chi connectivity index (χ0v) is 10.2. The van der Waals surface area contributed by atoms with E-state index in [0.29, 0.717) is 6.42 Å². The normalized spacial score (nSPS) is 10.1. The molecule has 1 aromatic heterocycles. The van der Waals surface area contributed by atoms with E-state index in [1.165, 1.54) is 4.88 Å². The molecular formula is C11H15ClN2S. The van der Waals surface area contributed by atoms with Gasteiger partial charge >= 0.3 is 0 Å². The Morgan fingerprint density at radius 1 is 1.33 bits per heavy atom. The van der Waals surface area contributed by atoms with Gasteiger partial charge in [-0.2, -0.15) is 5.26 Å². The largest absolute Gasteiger partial charge is 0.316 e. The molecule has 0 unspecified atom stereocenters. The van der Waals surface area contributed by atoms with Crippen molar-refractivity contribution in [2.24, 2.45) is 0 Å². The summed E-state index contributed by atoms with van der Waals surface area (Å²) in [6.07, 6.45) is 3.78. The van der Waals surface area contributed by atoms with Crippen molar-refractivity contribution in [3.8, 4) is 6.07 Å². The molecule has 0 bridgehead atoms. The van der Waals surface area contributed by atoms with Gasteiger partial charge in [0, 0.05) is 11.3 Å². The summed E-state index contributed by atoms with van der Waals surface area (Å²) in [6.45, 7) is 1.99. The van der Waals surface area contributed by atoms with Gasteiger partial charge in [-0.15, -0.1) is 11.3 Å². The topological polar surface area (TPSA) is 35.8 Å². The van der Waals surface area contributed by atoms with E-state index in [-0.39, 0.29) is 0 Å². The van der Waals surface area contributed by atoms with Crippen LogP contribution in [-0.2, 0) is 6.42 Å². The molecule has 0 amide bonds. The smallest absolute Gasteiger partial charge is 0.0931 e. The fourth-order valence-corrected chi connectivity index (χ4v) is 2.36. The number of halogens is 1. The van der Waals surface area contributed by atoms with Crippen molar-refractivity contribution in [2.75, 3.05) is 13.1 Å². The molecule has 82 valence electrons. The minimum atomic E-state index is 0.669. The van der Waals surface area contributed by atoms with Crippen LogP contribution in [0.5, 0.6) is 0 Å². The highest BCUT2D eigenvalue weighted by atomic mass is 35.5. The number of unbranched alkanes of at least 4 members (excludes halogenated alkanes) is 2. The zero-order chi connectivity index (χ0) is 10.9. The van der Waals surface area contributed by atoms with E-state index >= 15 is 0 Å². The molecule has 1 aromatic rings. The van der Waals surface area contributed by atoms with Crippen molar-refractivity contribution in [3.63, 3.8) is 0 Å². The summed E-state index contributed by atoms with van der Waals surface area (Å²) in [7, 11) is 0. The van der Waals surface area contributed by atoms with Gasteiger partial charge in [-0.3, -0.25) is 0 Å². The predicted molar refractivity (Wildman–Crippen MR) is 65.4 cm³/mol. The van der Waals surface area contributed by atoms with Crippen LogP contribution in [-0.4, -0.2) is 13.1 Å². The second kappa shape index (κ2) is 7.70. The first kappa shape index (κ1) is 12.5. The highest BCUT2D eigenvalue weighted by Gasteiger charge is 1.97. The van der Waals surface area contributed by atoms with Crippen LogP contribution < -0.4 is 5.32 Å². The van der Waals surface area contributed by atoms with E-state index in [2.05, 4.69) is 17.5 Å². The fourth-order valence-electron chi connectivity index (χ4n) is 1.28.